The number of benzene rings is 1. The second-order valence-corrected chi connectivity index (χ2v) is 7.39. The minimum atomic E-state index is -0.718. The third-order valence-corrected chi connectivity index (χ3v) is 5.83. The molecule has 2 atom stereocenters. The van der Waals surface area contributed by atoms with E-state index in [0.29, 0.717) is 23.4 Å². The zero-order valence-electron chi connectivity index (χ0n) is 14.6. The second-order valence-electron chi connectivity index (χ2n) is 7.39. The van der Waals surface area contributed by atoms with Crippen molar-refractivity contribution in [1.82, 2.24) is 4.90 Å². The van der Waals surface area contributed by atoms with E-state index in [4.69, 9.17) is 5.73 Å². The van der Waals surface area contributed by atoms with Crippen molar-refractivity contribution in [3.05, 3.63) is 30.1 Å². The van der Waals surface area contributed by atoms with Crippen LogP contribution >= 0.6 is 0 Å². The molecule has 0 radical (unpaired) electrons. The first kappa shape index (κ1) is 17.0. The number of hydrazone groups is 1. The van der Waals surface area contributed by atoms with E-state index < -0.39 is 11.9 Å². The molecule has 0 bridgehead atoms. The van der Waals surface area contributed by atoms with Crippen LogP contribution < -0.4 is 10.7 Å². The fraction of sp³-hybridized carbons (Fsp3) is 0.526. The van der Waals surface area contributed by atoms with Crippen molar-refractivity contribution in [1.29, 1.82) is 0 Å². The number of nitrogens with two attached hydrogens (primary N) is 1. The Morgan fingerprint density at radius 1 is 1.12 bits per heavy atom. The quantitative estimate of drug-likeness (QED) is 0.894. The molecule has 1 aromatic rings. The summed E-state index contributed by atoms with van der Waals surface area (Å²) in [5, 5.41) is 5.86. The number of hydrogen-bond acceptors (Lipinski definition) is 4. The Hall–Kier alpha value is -2.44. The van der Waals surface area contributed by atoms with Gasteiger partial charge < -0.3 is 10.6 Å². The van der Waals surface area contributed by atoms with Gasteiger partial charge in [0.05, 0.1) is 5.69 Å². The lowest BCUT2D eigenvalue weighted by atomic mass is 9.78. The molecule has 0 spiro atoms. The highest BCUT2D eigenvalue weighted by atomic mass is 19.1. The highest BCUT2D eigenvalue weighted by molar-refractivity contribution is 6.40. The summed E-state index contributed by atoms with van der Waals surface area (Å²) in [5.74, 6) is -0.402. The van der Waals surface area contributed by atoms with Crippen molar-refractivity contribution in [2.75, 3.05) is 11.6 Å². The van der Waals surface area contributed by atoms with E-state index in [-0.39, 0.29) is 18.1 Å². The first-order valence-electron chi connectivity index (χ1n) is 9.27. The van der Waals surface area contributed by atoms with E-state index in [1.54, 1.807) is 0 Å². The lowest BCUT2D eigenvalue weighted by Gasteiger charge is -2.36. The summed E-state index contributed by atoms with van der Waals surface area (Å²) in [4.78, 5) is 26.9. The van der Waals surface area contributed by atoms with E-state index in [1.807, 2.05) is 4.90 Å². The Bertz CT molecular complexity index is 744. The van der Waals surface area contributed by atoms with Crippen molar-refractivity contribution in [3.8, 4) is 0 Å². The minimum Gasteiger partial charge on any atom is -0.368 e. The van der Waals surface area contributed by atoms with Gasteiger partial charge in [-0.05, 0) is 55.9 Å². The highest BCUT2D eigenvalue weighted by Gasteiger charge is 2.42. The Balaban J connectivity index is 1.57. The number of carbonyl (C=O) groups is 2. The lowest BCUT2D eigenvalue weighted by molar-refractivity contribution is -0.126. The molecule has 2 fully saturated rings. The van der Waals surface area contributed by atoms with Crippen LogP contribution in [0.4, 0.5) is 10.1 Å². The Morgan fingerprint density at radius 3 is 2.46 bits per heavy atom. The molecule has 0 unspecified atom stereocenters. The zero-order valence-corrected chi connectivity index (χ0v) is 14.6. The van der Waals surface area contributed by atoms with Crippen LogP contribution in [0, 0.1) is 11.7 Å². The van der Waals surface area contributed by atoms with Gasteiger partial charge in [0.15, 0.2) is 0 Å². The van der Waals surface area contributed by atoms with Gasteiger partial charge >= 0.3 is 0 Å². The molecule has 1 aromatic carbocycles. The second kappa shape index (κ2) is 6.70. The van der Waals surface area contributed by atoms with Crippen LogP contribution in [0.1, 0.15) is 38.5 Å². The van der Waals surface area contributed by atoms with Crippen molar-refractivity contribution in [3.63, 3.8) is 0 Å². The van der Waals surface area contributed by atoms with E-state index in [0.717, 1.165) is 19.4 Å². The van der Waals surface area contributed by atoms with Gasteiger partial charge in [0.25, 0.3) is 5.91 Å². The average molecular weight is 358 g/mol. The SMILES string of the molecule is NC(=O)[C@H]1CC(C(=O)N2CCC[C@@H]2C2CCC2)=NN1c1ccc(F)cc1. The molecule has 2 aliphatic heterocycles. The van der Waals surface area contributed by atoms with Gasteiger partial charge in [0, 0.05) is 19.0 Å². The van der Waals surface area contributed by atoms with Gasteiger partial charge in [-0.3, -0.25) is 14.6 Å². The number of likely N-dealkylation sites (tertiary alicyclic amines) is 1. The largest absolute Gasteiger partial charge is 0.368 e. The number of anilines is 1. The Kier molecular flexibility index (Phi) is 4.38. The first-order chi connectivity index (χ1) is 12.5. The normalized spacial score (nSPS) is 26.0. The summed E-state index contributed by atoms with van der Waals surface area (Å²) in [5.41, 5.74) is 6.44. The van der Waals surface area contributed by atoms with Crippen molar-refractivity contribution < 1.29 is 14.0 Å². The molecule has 1 saturated carbocycles. The number of rotatable bonds is 4. The van der Waals surface area contributed by atoms with Crippen molar-refractivity contribution in [2.24, 2.45) is 16.8 Å². The smallest absolute Gasteiger partial charge is 0.270 e. The fourth-order valence-electron chi connectivity index (χ4n) is 4.22. The molecule has 26 heavy (non-hydrogen) atoms. The predicted molar refractivity (Wildman–Crippen MR) is 96.0 cm³/mol. The zero-order chi connectivity index (χ0) is 18.3. The monoisotopic (exact) mass is 358 g/mol. The molecule has 138 valence electrons. The van der Waals surface area contributed by atoms with E-state index in [1.165, 1.54) is 48.5 Å². The maximum absolute atomic E-state index is 13.2. The average Bonchev–Trinajstić information content (AvgIpc) is 3.21. The van der Waals surface area contributed by atoms with Gasteiger partial charge in [-0.1, -0.05) is 6.42 Å². The van der Waals surface area contributed by atoms with Gasteiger partial charge in [-0.15, -0.1) is 0 Å². The van der Waals surface area contributed by atoms with Crippen LogP contribution in [0.25, 0.3) is 0 Å². The topological polar surface area (TPSA) is 79.0 Å². The molecule has 1 aliphatic carbocycles. The molecule has 0 aromatic heterocycles. The van der Waals surface area contributed by atoms with Gasteiger partial charge in [-0.2, -0.15) is 5.10 Å². The van der Waals surface area contributed by atoms with E-state index in [9.17, 15) is 14.0 Å². The molecule has 2 N–H and O–H groups in total. The van der Waals surface area contributed by atoms with E-state index >= 15 is 0 Å². The molecule has 1 saturated heterocycles. The minimum absolute atomic E-state index is 0.0877. The predicted octanol–water partition coefficient (Wildman–Crippen LogP) is 2.04. The van der Waals surface area contributed by atoms with Gasteiger partial charge in [0.2, 0.25) is 5.91 Å². The molecule has 4 rings (SSSR count). The maximum Gasteiger partial charge on any atom is 0.270 e. The molecule has 2 heterocycles. The van der Waals surface area contributed by atoms with Crippen LogP contribution in [-0.2, 0) is 9.59 Å². The van der Waals surface area contributed by atoms with Crippen LogP contribution in [-0.4, -0.2) is 41.1 Å². The molecule has 6 nitrogen and oxygen atoms in total. The summed E-state index contributed by atoms with van der Waals surface area (Å²) in [6.07, 6.45) is 5.87. The number of nitrogens with zero attached hydrogens (tertiary/aromatic N) is 3. The Labute approximate surface area is 151 Å². The lowest BCUT2D eigenvalue weighted by Crippen LogP contribution is -2.45. The Morgan fingerprint density at radius 2 is 1.85 bits per heavy atom. The van der Waals surface area contributed by atoms with Crippen LogP contribution in [0.5, 0.6) is 0 Å². The first-order valence-corrected chi connectivity index (χ1v) is 9.27. The maximum atomic E-state index is 13.2. The van der Waals surface area contributed by atoms with Crippen LogP contribution in [0.15, 0.2) is 29.4 Å². The molecule has 7 heteroatoms. The van der Waals surface area contributed by atoms with Crippen molar-refractivity contribution >= 4 is 23.2 Å². The third kappa shape index (κ3) is 2.95. The summed E-state index contributed by atoms with van der Waals surface area (Å²) in [7, 11) is 0. The van der Waals surface area contributed by atoms with Crippen molar-refractivity contribution in [2.45, 2.75) is 50.6 Å². The summed E-state index contributed by atoms with van der Waals surface area (Å²) >= 11 is 0. The number of primary amides is 1. The summed E-state index contributed by atoms with van der Waals surface area (Å²) < 4.78 is 13.2. The van der Waals surface area contributed by atoms with Crippen LogP contribution in [0.2, 0.25) is 0 Å². The molecular weight excluding hydrogens is 335 g/mol. The van der Waals surface area contributed by atoms with Gasteiger partial charge in [0.1, 0.15) is 17.6 Å². The number of amides is 2. The number of hydrogen-bond donors (Lipinski definition) is 1. The molecule has 3 aliphatic rings. The molecular formula is C19H23FN4O2. The summed E-state index contributed by atoms with van der Waals surface area (Å²) in [6, 6.07) is 5.26. The number of carbonyl (C=O) groups excluding carboxylic acids is 2. The standard InChI is InChI=1S/C19H23FN4O2/c20-13-6-8-14(9-7-13)24-17(18(21)25)11-15(22-24)19(26)23-10-2-5-16(23)12-3-1-4-12/h6-9,12,16-17H,1-5,10-11H2,(H2,21,25)/t16-,17-/m1/s1. The highest BCUT2D eigenvalue weighted by Crippen LogP contribution is 2.37. The fourth-order valence-corrected chi connectivity index (χ4v) is 4.22. The van der Waals surface area contributed by atoms with Crippen LogP contribution in [0.3, 0.4) is 0 Å². The molecule has 2 amide bonds. The third-order valence-electron chi connectivity index (χ3n) is 5.83. The number of halogens is 1. The van der Waals surface area contributed by atoms with E-state index in [2.05, 4.69) is 5.10 Å². The summed E-state index contributed by atoms with van der Waals surface area (Å²) in [6.45, 7) is 0.747. The van der Waals surface area contributed by atoms with Gasteiger partial charge in [-0.25, -0.2) is 4.39 Å².